The Labute approximate surface area is 139 Å². The Kier molecular flexibility index (Phi) is 4.84. The Morgan fingerprint density at radius 1 is 1.21 bits per heavy atom. The van der Waals surface area contributed by atoms with Crippen molar-refractivity contribution in [2.45, 2.75) is 18.9 Å². The van der Waals surface area contributed by atoms with E-state index in [1.807, 2.05) is 12.1 Å². The lowest BCUT2D eigenvalue weighted by molar-refractivity contribution is -0.143. The second kappa shape index (κ2) is 7.21. The summed E-state index contributed by atoms with van der Waals surface area (Å²) in [5.41, 5.74) is 1.64. The van der Waals surface area contributed by atoms with Gasteiger partial charge in [-0.15, -0.1) is 0 Å². The molecule has 1 fully saturated rings. The number of amides is 2. The molecule has 24 heavy (non-hydrogen) atoms. The van der Waals surface area contributed by atoms with E-state index in [2.05, 4.69) is 10.3 Å². The number of aryl methyl sites for hydroxylation is 1. The first kappa shape index (κ1) is 16.1. The van der Waals surface area contributed by atoms with Crippen molar-refractivity contribution in [2.75, 3.05) is 13.1 Å². The van der Waals surface area contributed by atoms with E-state index in [4.69, 9.17) is 0 Å². The highest BCUT2D eigenvalue weighted by molar-refractivity contribution is 5.89. The zero-order valence-electron chi connectivity index (χ0n) is 13.1. The van der Waals surface area contributed by atoms with Crippen LogP contribution >= 0.6 is 0 Å². The van der Waals surface area contributed by atoms with Gasteiger partial charge in [-0.3, -0.25) is 14.6 Å². The van der Waals surface area contributed by atoms with Crippen LogP contribution in [0.15, 0.2) is 48.8 Å². The Hall–Kier alpha value is -2.76. The molecular weight excluding hydrogens is 309 g/mol. The van der Waals surface area contributed by atoms with Gasteiger partial charge in [0.1, 0.15) is 11.9 Å². The number of halogens is 1. The van der Waals surface area contributed by atoms with Gasteiger partial charge in [0, 0.05) is 31.9 Å². The predicted molar refractivity (Wildman–Crippen MR) is 86.4 cm³/mol. The molecule has 2 aromatic rings. The van der Waals surface area contributed by atoms with Gasteiger partial charge in [0.2, 0.25) is 11.8 Å². The highest BCUT2D eigenvalue weighted by Gasteiger charge is 2.33. The fourth-order valence-corrected chi connectivity index (χ4v) is 2.86. The SMILES string of the molecule is O=C1NCCN(C(=O)CCc2ccncc2)[C@H]1c1ccc(F)cc1. The monoisotopic (exact) mass is 327 g/mol. The predicted octanol–water partition coefficient (Wildman–Crippen LogP) is 1.85. The first-order valence-electron chi connectivity index (χ1n) is 7.87. The molecule has 1 N–H and O–H groups in total. The van der Waals surface area contributed by atoms with Crippen LogP contribution in [0.5, 0.6) is 0 Å². The molecule has 0 saturated carbocycles. The summed E-state index contributed by atoms with van der Waals surface area (Å²) in [5, 5.41) is 2.77. The molecule has 0 aliphatic carbocycles. The van der Waals surface area contributed by atoms with Crippen LogP contribution in [0.1, 0.15) is 23.6 Å². The molecule has 1 aliphatic rings. The summed E-state index contributed by atoms with van der Waals surface area (Å²) in [6, 6.07) is 8.74. The van der Waals surface area contributed by atoms with Crippen LogP contribution in [0.25, 0.3) is 0 Å². The lowest BCUT2D eigenvalue weighted by atomic mass is 10.0. The van der Waals surface area contributed by atoms with Gasteiger partial charge in [0.25, 0.3) is 0 Å². The minimum Gasteiger partial charge on any atom is -0.352 e. The van der Waals surface area contributed by atoms with Crippen LogP contribution in [-0.2, 0) is 16.0 Å². The highest BCUT2D eigenvalue weighted by Crippen LogP contribution is 2.24. The number of benzene rings is 1. The summed E-state index contributed by atoms with van der Waals surface area (Å²) in [6.07, 6.45) is 4.29. The van der Waals surface area contributed by atoms with Crippen molar-refractivity contribution in [1.82, 2.24) is 15.2 Å². The zero-order valence-corrected chi connectivity index (χ0v) is 13.1. The number of piperazine rings is 1. The maximum Gasteiger partial charge on any atom is 0.247 e. The van der Waals surface area contributed by atoms with Gasteiger partial charge in [0.15, 0.2) is 0 Å². The van der Waals surface area contributed by atoms with Gasteiger partial charge in [-0.2, -0.15) is 0 Å². The van der Waals surface area contributed by atoms with Gasteiger partial charge in [-0.1, -0.05) is 12.1 Å². The number of rotatable bonds is 4. The average molecular weight is 327 g/mol. The second-order valence-electron chi connectivity index (χ2n) is 5.69. The van der Waals surface area contributed by atoms with Crippen molar-refractivity contribution in [2.24, 2.45) is 0 Å². The summed E-state index contributed by atoms with van der Waals surface area (Å²) < 4.78 is 13.1. The van der Waals surface area contributed by atoms with E-state index in [1.54, 1.807) is 29.4 Å². The molecule has 0 spiro atoms. The van der Waals surface area contributed by atoms with Crippen LogP contribution in [0.4, 0.5) is 4.39 Å². The molecular formula is C18H18FN3O2. The molecule has 0 radical (unpaired) electrons. The van der Waals surface area contributed by atoms with Crippen LogP contribution in [0.2, 0.25) is 0 Å². The van der Waals surface area contributed by atoms with E-state index < -0.39 is 6.04 Å². The normalized spacial score (nSPS) is 17.5. The maximum absolute atomic E-state index is 13.1. The molecule has 0 bridgehead atoms. The Morgan fingerprint density at radius 3 is 2.62 bits per heavy atom. The van der Waals surface area contributed by atoms with Crippen molar-refractivity contribution in [1.29, 1.82) is 0 Å². The van der Waals surface area contributed by atoms with E-state index in [-0.39, 0.29) is 17.6 Å². The molecule has 1 aliphatic heterocycles. The molecule has 0 unspecified atom stereocenters. The standard InChI is InChI=1S/C18H18FN3O2/c19-15-4-2-14(3-5-15)17-18(24)21-11-12-22(17)16(23)6-1-13-7-9-20-10-8-13/h2-5,7-10,17H,1,6,11-12H2,(H,21,24)/t17-/m0/s1. The molecule has 2 heterocycles. The van der Waals surface area contributed by atoms with Crippen molar-refractivity contribution in [3.8, 4) is 0 Å². The summed E-state index contributed by atoms with van der Waals surface area (Å²) in [7, 11) is 0. The van der Waals surface area contributed by atoms with E-state index in [0.717, 1.165) is 5.56 Å². The maximum atomic E-state index is 13.1. The van der Waals surface area contributed by atoms with E-state index in [9.17, 15) is 14.0 Å². The van der Waals surface area contributed by atoms with Crippen LogP contribution in [0, 0.1) is 5.82 Å². The number of carbonyl (C=O) groups is 2. The van der Waals surface area contributed by atoms with Gasteiger partial charge >= 0.3 is 0 Å². The molecule has 5 nitrogen and oxygen atoms in total. The van der Waals surface area contributed by atoms with Crippen molar-refractivity contribution in [3.05, 3.63) is 65.7 Å². The first-order chi connectivity index (χ1) is 11.6. The third-order valence-electron chi connectivity index (χ3n) is 4.09. The molecule has 1 saturated heterocycles. The van der Waals surface area contributed by atoms with Crippen LogP contribution < -0.4 is 5.32 Å². The zero-order chi connectivity index (χ0) is 16.9. The van der Waals surface area contributed by atoms with Gasteiger partial charge < -0.3 is 10.2 Å². The lowest BCUT2D eigenvalue weighted by Gasteiger charge is -2.35. The smallest absolute Gasteiger partial charge is 0.247 e. The summed E-state index contributed by atoms with van der Waals surface area (Å²) in [5.74, 6) is -0.688. The molecule has 1 atom stereocenters. The van der Waals surface area contributed by atoms with Crippen molar-refractivity contribution < 1.29 is 14.0 Å². The number of nitrogens with zero attached hydrogens (tertiary/aromatic N) is 2. The number of hydrogen-bond acceptors (Lipinski definition) is 3. The number of carbonyl (C=O) groups excluding carboxylic acids is 2. The third kappa shape index (κ3) is 3.59. The fraction of sp³-hybridized carbons (Fsp3) is 0.278. The second-order valence-corrected chi connectivity index (χ2v) is 5.69. The van der Waals surface area contributed by atoms with E-state index in [1.165, 1.54) is 12.1 Å². The number of hydrogen-bond donors (Lipinski definition) is 1. The van der Waals surface area contributed by atoms with Crippen molar-refractivity contribution >= 4 is 11.8 Å². The first-order valence-corrected chi connectivity index (χ1v) is 7.87. The van der Waals surface area contributed by atoms with E-state index in [0.29, 0.717) is 31.5 Å². The Bertz CT molecular complexity index is 719. The Balaban J connectivity index is 1.74. The summed E-state index contributed by atoms with van der Waals surface area (Å²) >= 11 is 0. The molecule has 124 valence electrons. The number of pyridine rings is 1. The van der Waals surface area contributed by atoms with Gasteiger partial charge in [-0.05, 0) is 41.8 Å². The lowest BCUT2D eigenvalue weighted by Crippen LogP contribution is -2.52. The highest BCUT2D eigenvalue weighted by atomic mass is 19.1. The Morgan fingerprint density at radius 2 is 1.92 bits per heavy atom. The minimum atomic E-state index is -0.704. The van der Waals surface area contributed by atoms with Crippen LogP contribution in [0.3, 0.4) is 0 Å². The molecule has 6 heteroatoms. The number of nitrogens with one attached hydrogen (secondary N) is 1. The molecule has 1 aromatic carbocycles. The minimum absolute atomic E-state index is 0.0870. The van der Waals surface area contributed by atoms with E-state index >= 15 is 0 Å². The summed E-state index contributed by atoms with van der Waals surface area (Å²) in [4.78, 5) is 30.4. The molecule has 1 aromatic heterocycles. The van der Waals surface area contributed by atoms with Crippen molar-refractivity contribution in [3.63, 3.8) is 0 Å². The van der Waals surface area contributed by atoms with Gasteiger partial charge in [-0.25, -0.2) is 4.39 Å². The fourth-order valence-electron chi connectivity index (χ4n) is 2.86. The van der Waals surface area contributed by atoms with Gasteiger partial charge in [0.05, 0.1) is 0 Å². The topological polar surface area (TPSA) is 62.3 Å². The average Bonchev–Trinajstić information content (AvgIpc) is 2.61. The number of aromatic nitrogens is 1. The largest absolute Gasteiger partial charge is 0.352 e. The molecule has 2 amide bonds. The van der Waals surface area contributed by atoms with Crippen LogP contribution in [-0.4, -0.2) is 34.8 Å². The molecule has 3 rings (SSSR count). The summed E-state index contributed by atoms with van der Waals surface area (Å²) in [6.45, 7) is 0.875. The quantitative estimate of drug-likeness (QED) is 0.932. The third-order valence-corrected chi connectivity index (χ3v) is 4.09.